The number of hydrogen-bond donors (Lipinski definition) is 1. The van der Waals surface area contributed by atoms with Crippen LogP contribution in [0.5, 0.6) is 0 Å². The molecule has 1 saturated heterocycles. The van der Waals surface area contributed by atoms with Crippen molar-refractivity contribution in [2.75, 3.05) is 26.2 Å². The van der Waals surface area contributed by atoms with E-state index in [1.165, 1.54) is 12.1 Å². The fourth-order valence-corrected chi connectivity index (χ4v) is 3.65. The first-order valence-electron chi connectivity index (χ1n) is 9.30. The second-order valence-corrected chi connectivity index (χ2v) is 6.82. The fraction of sp³-hybridized carbons (Fsp3) is 0.381. The van der Waals surface area contributed by atoms with Crippen molar-refractivity contribution in [1.82, 2.24) is 9.80 Å². The third-order valence-electron chi connectivity index (χ3n) is 5.19. The molecule has 1 heterocycles. The first kappa shape index (κ1) is 19.5. The van der Waals surface area contributed by atoms with E-state index in [0.717, 1.165) is 18.1 Å². The van der Waals surface area contributed by atoms with Crippen LogP contribution in [-0.4, -0.2) is 41.9 Å². The normalized spacial score (nSPS) is 16.4. The molecule has 0 aromatic heterocycles. The molecule has 27 heavy (non-hydrogen) atoms. The SMILES string of the molecule is CCC(c1ccc(F)cc1F)N1CCN(C(=O)c2ccc(CN)cc2)CC1. The van der Waals surface area contributed by atoms with E-state index in [1.807, 2.05) is 24.0 Å². The molecule has 1 amide bonds. The number of piperazine rings is 1. The van der Waals surface area contributed by atoms with Crippen LogP contribution in [0.3, 0.4) is 0 Å². The van der Waals surface area contributed by atoms with Crippen molar-refractivity contribution < 1.29 is 13.6 Å². The van der Waals surface area contributed by atoms with E-state index in [1.54, 1.807) is 12.1 Å². The first-order valence-corrected chi connectivity index (χ1v) is 9.30. The molecule has 4 nitrogen and oxygen atoms in total. The Labute approximate surface area is 158 Å². The van der Waals surface area contributed by atoms with Gasteiger partial charge in [0.15, 0.2) is 0 Å². The van der Waals surface area contributed by atoms with Crippen molar-refractivity contribution in [2.24, 2.45) is 5.73 Å². The third kappa shape index (κ3) is 4.34. The molecule has 0 saturated carbocycles. The molecule has 3 rings (SSSR count). The summed E-state index contributed by atoms with van der Waals surface area (Å²) >= 11 is 0. The molecule has 2 aromatic carbocycles. The molecule has 2 N–H and O–H groups in total. The summed E-state index contributed by atoms with van der Waals surface area (Å²) in [4.78, 5) is 16.7. The van der Waals surface area contributed by atoms with Gasteiger partial charge in [-0.25, -0.2) is 8.78 Å². The maximum Gasteiger partial charge on any atom is 0.253 e. The van der Waals surface area contributed by atoms with Crippen molar-refractivity contribution in [3.8, 4) is 0 Å². The highest BCUT2D eigenvalue weighted by atomic mass is 19.1. The molecule has 6 heteroatoms. The first-order chi connectivity index (χ1) is 13.0. The van der Waals surface area contributed by atoms with Gasteiger partial charge in [-0.15, -0.1) is 0 Å². The van der Waals surface area contributed by atoms with Crippen LogP contribution in [0.1, 0.15) is 40.9 Å². The minimum Gasteiger partial charge on any atom is -0.336 e. The number of hydrogen-bond acceptors (Lipinski definition) is 3. The lowest BCUT2D eigenvalue weighted by molar-refractivity contribution is 0.0558. The molecule has 0 radical (unpaired) electrons. The molecular formula is C21H25F2N3O. The molecule has 0 aliphatic carbocycles. The molecule has 1 unspecified atom stereocenters. The van der Waals surface area contributed by atoms with Crippen molar-refractivity contribution >= 4 is 5.91 Å². The van der Waals surface area contributed by atoms with Gasteiger partial charge in [0.1, 0.15) is 11.6 Å². The summed E-state index contributed by atoms with van der Waals surface area (Å²) in [5, 5.41) is 0. The Morgan fingerprint density at radius 3 is 2.30 bits per heavy atom. The van der Waals surface area contributed by atoms with Crippen LogP contribution in [0.25, 0.3) is 0 Å². The molecule has 1 fully saturated rings. The summed E-state index contributed by atoms with van der Waals surface area (Å²) in [5.41, 5.74) is 7.74. The summed E-state index contributed by atoms with van der Waals surface area (Å²) in [6.07, 6.45) is 0.719. The van der Waals surface area contributed by atoms with Crippen LogP contribution in [0.4, 0.5) is 8.78 Å². The van der Waals surface area contributed by atoms with E-state index < -0.39 is 11.6 Å². The number of benzene rings is 2. The van der Waals surface area contributed by atoms with Gasteiger partial charge in [-0.1, -0.05) is 25.1 Å². The van der Waals surface area contributed by atoms with Crippen LogP contribution in [0.15, 0.2) is 42.5 Å². The zero-order chi connectivity index (χ0) is 19.4. The Kier molecular flexibility index (Phi) is 6.19. The summed E-state index contributed by atoms with van der Waals surface area (Å²) in [6.45, 7) is 4.91. The molecule has 1 aliphatic heterocycles. The van der Waals surface area contributed by atoms with E-state index in [2.05, 4.69) is 4.90 Å². The van der Waals surface area contributed by atoms with Gasteiger partial charge in [-0.05, 0) is 30.2 Å². The number of carbonyl (C=O) groups is 1. The number of amides is 1. The molecule has 0 spiro atoms. The predicted molar refractivity (Wildman–Crippen MR) is 101 cm³/mol. The largest absolute Gasteiger partial charge is 0.336 e. The highest BCUT2D eigenvalue weighted by Crippen LogP contribution is 2.28. The van der Waals surface area contributed by atoms with Gasteiger partial charge in [0.05, 0.1) is 0 Å². The average Bonchev–Trinajstić information content (AvgIpc) is 2.70. The lowest BCUT2D eigenvalue weighted by atomic mass is 10.0. The molecule has 1 atom stereocenters. The average molecular weight is 373 g/mol. The summed E-state index contributed by atoms with van der Waals surface area (Å²) < 4.78 is 27.4. The Morgan fingerprint density at radius 1 is 1.07 bits per heavy atom. The van der Waals surface area contributed by atoms with Crippen molar-refractivity contribution in [3.63, 3.8) is 0 Å². The maximum absolute atomic E-state index is 14.2. The van der Waals surface area contributed by atoms with E-state index >= 15 is 0 Å². The second-order valence-electron chi connectivity index (χ2n) is 6.82. The van der Waals surface area contributed by atoms with E-state index in [4.69, 9.17) is 5.73 Å². The maximum atomic E-state index is 14.2. The highest BCUT2D eigenvalue weighted by Gasteiger charge is 2.28. The Balaban J connectivity index is 1.65. The zero-order valence-electron chi connectivity index (χ0n) is 15.5. The third-order valence-corrected chi connectivity index (χ3v) is 5.19. The number of nitrogens with two attached hydrogens (primary N) is 1. The summed E-state index contributed by atoms with van der Waals surface area (Å²) in [7, 11) is 0. The van der Waals surface area contributed by atoms with E-state index in [0.29, 0.717) is 43.9 Å². The smallest absolute Gasteiger partial charge is 0.253 e. The van der Waals surface area contributed by atoms with Crippen molar-refractivity contribution in [2.45, 2.75) is 25.9 Å². The molecule has 144 valence electrons. The van der Waals surface area contributed by atoms with Crippen LogP contribution in [-0.2, 0) is 6.54 Å². The molecule has 1 aliphatic rings. The number of nitrogens with zero attached hydrogens (tertiary/aromatic N) is 2. The molecular weight excluding hydrogens is 348 g/mol. The van der Waals surface area contributed by atoms with Crippen LogP contribution in [0.2, 0.25) is 0 Å². The summed E-state index contributed by atoms with van der Waals surface area (Å²) in [5.74, 6) is -1.08. The lowest BCUT2D eigenvalue weighted by Gasteiger charge is -2.39. The van der Waals surface area contributed by atoms with Crippen molar-refractivity contribution in [3.05, 3.63) is 70.8 Å². The predicted octanol–water partition coefficient (Wildman–Crippen LogP) is 3.33. The van der Waals surface area contributed by atoms with E-state index in [-0.39, 0.29) is 11.9 Å². The quantitative estimate of drug-likeness (QED) is 0.875. The number of rotatable bonds is 5. The Hall–Kier alpha value is -2.31. The zero-order valence-corrected chi connectivity index (χ0v) is 15.5. The summed E-state index contributed by atoms with van der Waals surface area (Å²) in [6, 6.07) is 11.0. The Morgan fingerprint density at radius 2 is 1.74 bits per heavy atom. The monoisotopic (exact) mass is 373 g/mol. The van der Waals surface area contributed by atoms with Crippen LogP contribution < -0.4 is 5.73 Å². The van der Waals surface area contributed by atoms with Crippen molar-refractivity contribution in [1.29, 1.82) is 0 Å². The number of carbonyl (C=O) groups excluding carboxylic acids is 1. The number of halogens is 2. The van der Waals surface area contributed by atoms with Crippen LogP contribution in [0, 0.1) is 11.6 Å². The van der Waals surface area contributed by atoms with Gasteiger partial charge in [0, 0.05) is 56.0 Å². The van der Waals surface area contributed by atoms with Gasteiger partial charge in [-0.3, -0.25) is 9.69 Å². The van der Waals surface area contributed by atoms with Gasteiger partial charge in [0.2, 0.25) is 0 Å². The van der Waals surface area contributed by atoms with Gasteiger partial charge in [0.25, 0.3) is 5.91 Å². The minimum atomic E-state index is -0.567. The minimum absolute atomic E-state index is 0.000711. The van der Waals surface area contributed by atoms with Gasteiger partial charge >= 0.3 is 0 Å². The van der Waals surface area contributed by atoms with Gasteiger partial charge in [-0.2, -0.15) is 0 Å². The van der Waals surface area contributed by atoms with Gasteiger partial charge < -0.3 is 10.6 Å². The second kappa shape index (κ2) is 8.59. The molecule has 0 bridgehead atoms. The van der Waals surface area contributed by atoms with Crippen LogP contribution >= 0.6 is 0 Å². The fourth-order valence-electron chi connectivity index (χ4n) is 3.65. The van der Waals surface area contributed by atoms with E-state index in [9.17, 15) is 13.6 Å². The Bertz CT molecular complexity index is 787. The highest BCUT2D eigenvalue weighted by molar-refractivity contribution is 5.94. The topological polar surface area (TPSA) is 49.6 Å². The molecule has 2 aromatic rings. The lowest BCUT2D eigenvalue weighted by Crippen LogP contribution is -2.49. The standard InChI is InChI=1S/C21H25F2N3O/c1-2-20(18-8-7-17(22)13-19(18)23)25-9-11-26(12-10-25)21(27)16-5-3-15(14-24)4-6-16/h3-8,13,20H,2,9-12,14,24H2,1H3.